The van der Waals surface area contributed by atoms with Crippen molar-refractivity contribution in [3.05, 3.63) is 111 Å². The third-order valence-electron chi connectivity index (χ3n) is 9.20. The number of aliphatic hydroxyl groups is 1. The Morgan fingerprint density at radius 2 is 1.81 bits per heavy atom. The van der Waals surface area contributed by atoms with E-state index in [1.54, 1.807) is 13.0 Å². The molecule has 5 aromatic rings. The van der Waals surface area contributed by atoms with Crippen LogP contribution in [0.5, 0.6) is 0 Å². The van der Waals surface area contributed by atoms with E-state index in [4.69, 9.17) is 28.3 Å². The highest BCUT2D eigenvalue weighted by Gasteiger charge is 2.29. The van der Waals surface area contributed by atoms with E-state index < -0.39 is 11.9 Å². The molecule has 6 rings (SSSR count). The minimum absolute atomic E-state index is 0.0364. The fourth-order valence-corrected chi connectivity index (χ4v) is 6.94. The number of fused-ring (bicyclic) bond motifs is 1. The van der Waals surface area contributed by atoms with Gasteiger partial charge >= 0.3 is 0 Å². The van der Waals surface area contributed by atoms with Crippen LogP contribution in [-0.2, 0) is 6.42 Å². The normalized spacial score (nSPS) is 15.7. The van der Waals surface area contributed by atoms with Gasteiger partial charge in [0.15, 0.2) is 0 Å². The third-order valence-corrected chi connectivity index (χ3v) is 9.78. The van der Waals surface area contributed by atoms with E-state index in [2.05, 4.69) is 53.5 Å². The van der Waals surface area contributed by atoms with Crippen LogP contribution in [0.15, 0.2) is 67.0 Å². The lowest BCUT2D eigenvalue weighted by molar-refractivity contribution is 0.0866. The lowest BCUT2D eigenvalue weighted by Crippen LogP contribution is -2.46. The first-order chi connectivity index (χ1) is 22.9. The quantitative estimate of drug-likeness (QED) is 0.168. The molecule has 2 atom stereocenters. The molecule has 48 heavy (non-hydrogen) atoms. The molecule has 1 unspecified atom stereocenters. The van der Waals surface area contributed by atoms with Gasteiger partial charge in [-0.1, -0.05) is 52.7 Å². The number of aromatic nitrogens is 4. The van der Waals surface area contributed by atoms with Gasteiger partial charge in [0, 0.05) is 48.0 Å². The maximum Gasteiger partial charge on any atom is 0.141 e. The van der Waals surface area contributed by atoms with Gasteiger partial charge in [-0.2, -0.15) is 5.26 Å². The van der Waals surface area contributed by atoms with Gasteiger partial charge in [-0.3, -0.25) is 9.88 Å². The van der Waals surface area contributed by atoms with Crippen molar-refractivity contribution in [3.63, 3.8) is 0 Å². The molecule has 1 aliphatic rings. The number of anilines is 2. The van der Waals surface area contributed by atoms with Crippen LogP contribution in [-0.4, -0.2) is 48.6 Å². The Morgan fingerprint density at radius 1 is 1.06 bits per heavy atom. The standard InChI is InChI=1S/C37H38Cl2FN7O/c1-22(48)24-6-5-7-25(17-24)29(34-21-47(45-44-34)28-10-12-46(13-11-28)37(2,3)4)14-23-15-30-35(43-27-8-9-33(40)31(38)18-27)26(19-41)20-42-36(30)32(39)16-23/h5-9,15-18,20-22,28-29,48H,10-14H2,1-4H3,(H,42,43)/t22?,29-/m0/s1. The number of piperidine rings is 1. The average Bonchev–Trinajstić information content (AvgIpc) is 3.55. The summed E-state index contributed by atoms with van der Waals surface area (Å²) in [6, 6.07) is 18.5. The van der Waals surface area contributed by atoms with Gasteiger partial charge in [-0.05, 0) is 94.0 Å². The van der Waals surface area contributed by atoms with Gasteiger partial charge in [0.05, 0.1) is 44.7 Å². The number of hydrogen-bond acceptors (Lipinski definition) is 7. The third kappa shape index (κ3) is 7.18. The maximum atomic E-state index is 13.9. The van der Waals surface area contributed by atoms with Crippen LogP contribution >= 0.6 is 23.2 Å². The summed E-state index contributed by atoms with van der Waals surface area (Å²) >= 11 is 12.9. The minimum Gasteiger partial charge on any atom is -0.389 e. The Labute approximate surface area is 290 Å². The van der Waals surface area contributed by atoms with E-state index in [9.17, 15) is 14.8 Å². The van der Waals surface area contributed by atoms with E-state index in [-0.39, 0.29) is 22.5 Å². The van der Waals surface area contributed by atoms with Gasteiger partial charge in [0.25, 0.3) is 0 Å². The highest BCUT2D eigenvalue weighted by atomic mass is 35.5. The topological polar surface area (TPSA) is 103 Å². The van der Waals surface area contributed by atoms with Crippen molar-refractivity contribution in [2.45, 2.75) is 70.6 Å². The molecule has 1 aliphatic heterocycles. The average molecular weight is 687 g/mol. The summed E-state index contributed by atoms with van der Waals surface area (Å²) in [4.78, 5) is 7.00. The zero-order valence-corrected chi connectivity index (χ0v) is 28.9. The fraction of sp³-hybridized carbons (Fsp3) is 0.351. The molecule has 8 nitrogen and oxygen atoms in total. The molecule has 0 radical (unpaired) electrons. The Morgan fingerprint density at radius 3 is 2.50 bits per heavy atom. The van der Waals surface area contributed by atoms with E-state index in [0.717, 1.165) is 48.3 Å². The van der Waals surface area contributed by atoms with Crippen LogP contribution in [0.1, 0.15) is 86.5 Å². The molecule has 2 N–H and O–H groups in total. The second-order valence-corrected chi connectivity index (χ2v) is 14.3. The Balaban J connectivity index is 1.39. The first-order valence-electron chi connectivity index (χ1n) is 16.1. The van der Waals surface area contributed by atoms with E-state index >= 15 is 0 Å². The SMILES string of the molecule is CC(O)c1cccc([C@H](Cc2cc(Cl)c3ncc(C#N)c(Nc4ccc(F)c(Cl)c4)c3c2)c2cn(C3CCN(C(C)(C)C)CC3)nn2)c1. The summed E-state index contributed by atoms with van der Waals surface area (Å²) in [5.74, 6) is -0.745. The van der Waals surface area contributed by atoms with Crippen LogP contribution in [0.25, 0.3) is 10.9 Å². The molecule has 0 amide bonds. The number of hydrogen-bond donors (Lipinski definition) is 2. The fourth-order valence-electron chi connectivity index (χ4n) is 6.47. The van der Waals surface area contributed by atoms with Crippen LogP contribution in [0.4, 0.5) is 15.8 Å². The number of benzene rings is 3. The molecule has 2 aromatic heterocycles. The highest BCUT2D eigenvalue weighted by Crippen LogP contribution is 2.37. The van der Waals surface area contributed by atoms with E-state index in [1.165, 1.54) is 18.3 Å². The van der Waals surface area contributed by atoms with E-state index in [0.29, 0.717) is 39.3 Å². The number of likely N-dealkylation sites (tertiary alicyclic amines) is 1. The second-order valence-electron chi connectivity index (χ2n) is 13.5. The smallest absolute Gasteiger partial charge is 0.141 e. The van der Waals surface area contributed by atoms with Crippen LogP contribution in [0.2, 0.25) is 10.0 Å². The molecule has 1 saturated heterocycles. The first-order valence-corrected chi connectivity index (χ1v) is 16.8. The van der Waals surface area contributed by atoms with Crippen molar-refractivity contribution < 1.29 is 9.50 Å². The van der Waals surface area contributed by atoms with Gasteiger partial charge < -0.3 is 10.4 Å². The van der Waals surface area contributed by atoms with Crippen LogP contribution in [0.3, 0.4) is 0 Å². The minimum atomic E-state index is -0.631. The second kappa shape index (κ2) is 13.8. The molecule has 3 heterocycles. The van der Waals surface area contributed by atoms with Crippen LogP contribution in [0, 0.1) is 17.1 Å². The number of rotatable bonds is 8. The summed E-state index contributed by atoms with van der Waals surface area (Å²) in [5, 5.41) is 34.0. The van der Waals surface area contributed by atoms with Crippen molar-refractivity contribution in [2.24, 2.45) is 0 Å². The number of nitriles is 1. The zero-order chi connectivity index (χ0) is 34.2. The Hall–Kier alpha value is -4.07. The van der Waals surface area contributed by atoms with Crippen molar-refractivity contribution in [1.29, 1.82) is 5.26 Å². The number of aliphatic hydroxyl groups excluding tert-OH is 1. The molecule has 11 heteroatoms. The molecule has 248 valence electrons. The molecule has 3 aromatic carbocycles. The lowest BCUT2D eigenvalue weighted by Gasteiger charge is -2.40. The summed E-state index contributed by atoms with van der Waals surface area (Å²) in [6.45, 7) is 10.5. The Kier molecular flexibility index (Phi) is 9.73. The van der Waals surface area contributed by atoms with Gasteiger partial charge in [0.2, 0.25) is 0 Å². The zero-order valence-electron chi connectivity index (χ0n) is 27.4. The predicted molar refractivity (Wildman–Crippen MR) is 188 cm³/mol. The molecular formula is C37H38Cl2FN7O. The van der Waals surface area contributed by atoms with Gasteiger partial charge in [0.1, 0.15) is 11.9 Å². The van der Waals surface area contributed by atoms with Gasteiger partial charge in [-0.25, -0.2) is 9.07 Å². The summed E-state index contributed by atoms with van der Waals surface area (Å²) < 4.78 is 15.9. The number of nitrogens with one attached hydrogen (secondary N) is 1. The largest absolute Gasteiger partial charge is 0.389 e. The van der Waals surface area contributed by atoms with Crippen molar-refractivity contribution in [1.82, 2.24) is 24.9 Å². The summed E-state index contributed by atoms with van der Waals surface area (Å²) in [6.07, 6.45) is 5.39. The van der Waals surface area contributed by atoms with Crippen LogP contribution < -0.4 is 5.32 Å². The van der Waals surface area contributed by atoms with E-state index in [1.807, 2.05) is 41.1 Å². The Bertz CT molecular complexity index is 1990. The first kappa shape index (κ1) is 33.8. The van der Waals surface area contributed by atoms with Crippen molar-refractivity contribution in [2.75, 3.05) is 18.4 Å². The lowest BCUT2D eigenvalue weighted by atomic mass is 9.87. The number of pyridine rings is 1. The molecule has 1 fully saturated rings. The number of nitrogens with zero attached hydrogens (tertiary/aromatic N) is 6. The van der Waals surface area contributed by atoms with Crippen molar-refractivity contribution >= 4 is 45.5 Å². The monoisotopic (exact) mass is 685 g/mol. The summed E-state index contributed by atoms with van der Waals surface area (Å²) in [7, 11) is 0. The number of halogens is 3. The maximum absolute atomic E-state index is 13.9. The predicted octanol–water partition coefficient (Wildman–Crippen LogP) is 8.75. The van der Waals surface area contributed by atoms with Gasteiger partial charge in [-0.15, -0.1) is 5.10 Å². The molecular weight excluding hydrogens is 648 g/mol. The molecule has 0 saturated carbocycles. The molecule has 0 aliphatic carbocycles. The molecule has 0 spiro atoms. The summed E-state index contributed by atoms with van der Waals surface area (Å²) in [5.41, 5.74) is 5.48. The van der Waals surface area contributed by atoms with Crippen molar-refractivity contribution in [3.8, 4) is 6.07 Å². The highest BCUT2D eigenvalue weighted by molar-refractivity contribution is 6.35. The molecule has 0 bridgehead atoms.